The molecule has 0 spiro atoms. The van der Waals surface area contributed by atoms with Gasteiger partial charge in [0.05, 0.1) is 29.0 Å². The van der Waals surface area contributed by atoms with Crippen molar-refractivity contribution >= 4 is 27.9 Å². The van der Waals surface area contributed by atoms with Gasteiger partial charge in [0.15, 0.2) is 11.5 Å². The zero-order valence-corrected chi connectivity index (χ0v) is 18.3. The summed E-state index contributed by atoms with van der Waals surface area (Å²) in [6.45, 7) is 7.73. The molecule has 5 rings (SSSR count). The van der Waals surface area contributed by atoms with E-state index in [4.69, 9.17) is 4.98 Å². The molecule has 1 unspecified atom stereocenters. The highest BCUT2D eigenvalue weighted by Gasteiger charge is 2.21. The molecule has 1 atom stereocenters. The molecular formula is C24H23N7O. The number of aryl methyl sites for hydroxylation is 3. The van der Waals surface area contributed by atoms with Crippen molar-refractivity contribution in [2.24, 2.45) is 0 Å². The maximum atomic E-state index is 13.8. The number of hydrogen-bond acceptors (Lipinski definition) is 6. The van der Waals surface area contributed by atoms with Gasteiger partial charge in [0.1, 0.15) is 17.2 Å². The fourth-order valence-electron chi connectivity index (χ4n) is 4.07. The molecule has 0 bridgehead atoms. The van der Waals surface area contributed by atoms with Gasteiger partial charge >= 0.3 is 0 Å². The minimum atomic E-state index is -0.326. The number of aromatic amines is 1. The molecule has 2 aromatic carbocycles. The fraction of sp³-hybridized carbons (Fsp3) is 0.208. The monoisotopic (exact) mass is 425 g/mol. The minimum Gasteiger partial charge on any atom is -0.358 e. The third-order valence-corrected chi connectivity index (χ3v) is 5.63. The van der Waals surface area contributed by atoms with Crippen LogP contribution >= 0.6 is 0 Å². The number of fused-ring (bicyclic) bond motifs is 2. The lowest BCUT2D eigenvalue weighted by Gasteiger charge is -2.21. The lowest BCUT2D eigenvalue weighted by Crippen LogP contribution is -2.28. The van der Waals surface area contributed by atoms with E-state index in [0.29, 0.717) is 39.5 Å². The number of anilines is 1. The molecule has 8 nitrogen and oxygen atoms in total. The average molecular weight is 425 g/mol. The standard InChI is InChI=1S/C24H23N7O/c1-13-8-5-6-11-18(13)31-23(30-17-10-7-9-14(2)19(17)24(31)32)15(3)27-22-20-21(26-12-25-20)28-16(4)29-22/h5-12,15H,1-4H3,(H2,25,26,27,28,29). The van der Waals surface area contributed by atoms with Gasteiger partial charge in [-0.3, -0.25) is 9.36 Å². The third-order valence-electron chi connectivity index (χ3n) is 5.63. The van der Waals surface area contributed by atoms with Gasteiger partial charge in [-0.05, 0) is 51.0 Å². The van der Waals surface area contributed by atoms with Crippen LogP contribution in [0.4, 0.5) is 5.82 Å². The van der Waals surface area contributed by atoms with Crippen LogP contribution in [0.25, 0.3) is 27.8 Å². The number of imidazole rings is 1. The number of nitrogens with one attached hydrogen (secondary N) is 2. The zero-order chi connectivity index (χ0) is 22.4. The highest BCUT2D eigenvalue weighted by atomic mass is 16.1. The van der Waals surface area contributed by atoms with Gasteiger partial charge in [0.2, 0.25) is 0 Å². The number of hydrogen-bond donors (Lipinski definition) is 2. The first-order valence-electron chi connectivity index (χ1n) is 10.5. The molecule has 0 aliphatic heterocycles. The molecule has 0 saturated heterocycles. The quantitative estimate of drug-likeness (QED) is 0.449. The highest BCUT2D eigenvalue weighted by molar-refractivity contribution is 5.83. The maximum Gasteiger partial charge on any atom is 0.266 e. The van der Waals surface area contributed by atoms with Crippen LogP contribution < -0.4 is 10.9 Å². The molecular weight excluding hydrogens is 402 g/mol. The van der Waals surface area contributed by atoms with Crippen molar-refractivity contribution in [3.05, 3.63) is 81.9 Å². The van der Waals surface area contributed by atoms with Crippen molar-refractivity contribution in [2.45, 2.75) is 33.7 Å². The summed E-state index contributed by atoms with van der Waals surface area (Å²) < 4.78 is 1.71. The predicted molar refractivity (Wildman–Crippen MR) is 125 cm³/mol. The molecule has 0 radical (unpaired) electrons. The van der Waals surface area contributed by atoms with Crippen LogP contribution in [0.2, 0.25) is 0 Å². The second-order valence-electron chi connectivity index (χ2n) is 7.95. The van der Waals surface area contributed by atoms with E-state index in [0.717, 1.165) is 16.8 Å². The van der Waals surface area contributed by atoms with Crippen molar-refractivity contribution < 1.29 is 0 Å². The number of nitrogens with zero attached hydrogens (tertiary/aromatic N) is 5. The van der Waals surface area contributed by atoms with Crippen molar-refractivity contribution in [1.29, 1.82) is 0 Å². The topological polar surface area (TPSA) is 101 Å². The molecule has 32 heavy (non-hydrogen) atoms. The summed E-state index contributed by atoms with van der Waals surface area (Å²) in [5, 5.41) is 4.05. The largest absolute Gasteiger partial charge is 0.358 e. The van der Waals surface area contributed by atoms with E-state index in [1.807, 2.05) is 70.2 Å². The summed E-state index contributed by atoms with van der Waals surface area (Å²) in [6, 6.07) is 13.2. The summed E-state index contributed by atoms with van der Waals surface area (Å²) in [5.74, 6) is 1.83. The van der Waals surface area contributed by atoms with E-state index in [1.165, 1.54) is 0 Å². The molecule has 0 saturated carbocycles. The van der Waals surface area contributed by atoms with Gasteiger partial charge in [-0.1, -0.05) is 30.3 Å². The number of aromatic nitrogens is 6. The summed E-state index contributed by atoms with van der Waals surface area (Å²) in [6.07, 6.45) is 1.59. The molecule has 5 aromatic rings. The van der Waals surface area contributed by atoms with Crippen LogP contribution in [-0.4, -0.2) is 29.5 Å². The van der Waals surface area contributed by atoms with Gasteiger partial charge in [0.25, 0.3) is 5.56 Å². The van der Waals surface area contributed by atoms with Crippen molar-refractivity contribution in [2.75, 3.05) is 5.32 Å². The van der Waals surface area contributed by atoms with E-state index >= 15 is 0 Å². The molecule has 3 heterocycles. The molecule has 3 aromatic heterocycles. The van der Waals surface area contributed by atoms with E-state index in [-0.39, 0.29) is 11.6 Å². The van der Waals surface area contributed by atoms with Crippen LogP contribution in [0.3, 0.4) is 0 Å². The zero-order valence-electron chi connectivity index (χ0n) is 18.3. The van der Waals surface area contributed by atoms with Crippen LogP contribution in [0.5, 0.6) is 0 Å². The van der Waals surface area contributed by atoms with Crippen molar-refractivity contribution in [3.63, 3.8) is 0 Å². The van der Waals surface area contributed by atoms with Gasteiger partial charge in [0, 0.05) is 0 Å². The van der Waals surface area contributed by atoms with Gasteiger partial charge in [-0.2, -0.15) is 0 Å². The Kier molecular flexibility index (Phi) is 4.70. The highest BCUT2D eigenvalue weighted by Crippen LogP contribution is 2.25. The number of rotatable bonds is 4. The second kappa shape index (κ2) is 7.56. The lowest BCUT2D eigenvalue weighted by atomic mass is 10.1. The molecule has 0 aliphatic carbocycles. The minimum absolute atomic E-state index is 0.0865. The van der Waals surface area contributed by atoms with E-state index < -0.39 is 0 Å². The summed E-state index contributed by atoms with van der Waals surface area (Å²) >= 11 is 0. The fourth-order valence-corrected chi connectivity index (χ4v) is 4.07. The Morgan fingerprint density at radius 2 is 1.75 bits per heavy atom. The molecule has 8 heteroatoms. The molecule has 160 valence electrons. The van der Waals surface area contributed by atoms with Gasteiger partial charge in [-0.15, -0.1) is 0 Å². The van der Waals surface area contributed by atoms with E-state index in [2.05, 4.69) is 25.3 Å². The third kappa shape index (κ3) is 3.20. The van der Waals surface area contributed by atoms with Crippen molar-refractivity contribution in [1.82, 2.24) is 29.5 Å². The second-order valence-corrected chi connectivity index (χ2v) is 7.95. The molecule has 2 N–H and O–H groups in total. The molecule has 0 aliphatic rings. The Balaban J connectivity index is 1.74. The Hall–Kier alpha value is -4.07. The van der Waals surface area contributed by atoms with E-state index in [9.17, 15) is 4.79 Å². The summed E-state index contributed by atoms with van der Waals surface area (Å²) in [4.78, 5) is 34.9. The van der Waals surface area contributed by atoms with Crippen LogP contribution in [0.15, 0.2) is 53.6 Å². The Morgan fingerprint density at radius 1 is 0.969 bits per heavy atom. The Labute approximate surface area is 184 Å². The molecule has 0 amide bonds. The summed E-state index contributed by atoms with van der Waals surface area (Å²) in [7, 11) is 0. The average Bonchev–Trinajstić information content (AvgIpc) is 3.23. The van der Waals surface area contributed by atoms with Gasteiger partial charge in [-0.25, -0.2) is 19.9 Å². The van der Waals surface area contributed by atoms with Gasteiger partial charge < -0.3 is 10.3 Å². The SMILES string of the molecule is Cc1nc(NC(C)c2nc3cccc(C)c3c(=O)n2-c2ccccc2C)c2[nH]cnc2n1. The van der Waals surface area contributed by atoms with Crippen LogP contribution in [0, 0.1) is 20.8 Å². The Morgan fingerprint density at radius 3 is 2.56 bits per heavy atom. The first-order chi connectivity index (χ1) is 15.4. The Bertz CT molecular complexity index is 1530. The molecule has 0 fully saturated rings. The normalized spacial score (nSPS) is 12.4. The van der Waals surface area contributed by atoms with Crippen molar-refractivity contribution in [3.8, 4) is 5.69 Å². The number of para-hydroxylation sites is 1. The number of H-pyrrole nitrogens is 1. The first kappa shape index (κ1) is 19.9. The van der Waals surface area contributed by atoms with Crippen LogP contribution in [-0.2, 0) is 0 Å². The van der Waals surface area contributed by atoms with Crippen LogP contribution in [0.1, 0.15) is 35.7 Å². The maximum absolute atomic E-state index is 13.8. The smallest absolute Gasteiger partial charge is 0.266 e. The lowest BCUT2D eigenvalue weighted by molar-refractivity contribution is 0.729. The predicted octanol–water partition coefficient (Wildman–Crippen LogP) is 4.15. The van der Waals surface area contributed by atoms with E-state index in [1.54, 1.807) is 10.9 Å². The number of benzene rings is 2. The summed E-state index contributed by atoms with van der Waals surface area (Å²) in [5.41, 5.74) is 4.59. The first-order valence-corrected chi connectivity index (χ1v) is 10.5.